The number of amides is 1. The highest BCUT2D eigenvalue weighted by molar-refractivity contribution is 5.92. The number of carbonyl (C=O) groups excluding carboxylic acids is 2. The minimum absolute atomic E-state index is 0.139. The highest BCUT2D eigenvalue weighted by atomic mass is 16.5. The lowest BCUT2D eigenvalue weighted by molar-refractivity contribution is -0.124. The van der Waals surface area contributed by atoms with Crippen LogP contribution in [-0.4, -0.2) is 18.5 Å². The number of aryl methyl sites for hydroxylation is 2. The Labute approximate surface area is 136 Å². The Kier molecular flexibility index (Phi) is 5.52. The zero-order chi connectivity index (χ0) is 16.8. The van der Waals surface area contributed by atoms with Crippen LogP contribution in [0.1, 0.15) is 40.0 Å². The molecule has 120 valence electrons. The fourth-order valence-electron chi connectivity index (χ4n) is 2.23. The SMILES string of the molecule is Cc1ccc([C@H](C)NC(=O)COC(=O)c2ccccc2C)cc1. The average Bonchev–Trinajstić information content (AvgIpc) is 2.53. The normalized spacial score (nSPS) is 11.6. The van der Waals surface area contributed by atoms with E-state index in [4.69, 9.17) is 4.74 Å². The number of ether oxygens (including phenoxy) is 1. The number of esters is 1. The van der Waals surface area contributed by atoms with Crippen LogP contribution in [0.5, 0.6) is 0 Å². The second kappa shape index (κ2) is 7.58. The van der Waals surface area contributed by atoms with E-state index in [9.17, 15) is 9.59 Å². The molecule has 4 heteroatoms. The summed E-state index contributed by atoms with van der Waals surface area (Å²) in [5.41, 5.74) is 3.48. The van der Waals surface area contributed by atoms with Crippen molar-refractivity contribution in [3.05, 3.63) is 70.8 Å². The number of rotatable bonds is 5. The summed E-state index contributed by atoms with van der Waals surface area (Å²) in [7, 11) is 0. The number of hydrogen-bond acceptors (Lipinski definition) is 3. The zero-order valence-corrected chi connectivity index (χ0v) is 13.6. The predicted octanol–water partition coefficient (Wildman–Crippen LogP) is 3.34. The van der Waals surface area contributed by atoms with Crippen LogP contribution >= 0.6 is 0 Å². The third-order valence-corrected chi connectivity index (χ3v) is 3.65. The predicted molar refractivity (Wildman–Crippen MR) is 89.2 cm³/mol. The lowest BCUT2D eigenvalue weighted by Gasteiger charge is -2.15. The summed E-state index contributed by atoms with van der Waals surface area (Å²) in [5, 5.41) is 2.82. The van der Waals surface area contributed by atoms with Crippen molar-refractivity contribution in [2.24, 2.45) is 0 Å². The van der Waals surface area contributed by atoms with Crippen LogP contribution in [0.3, 0.4) is 0 Å². The molecule has 1 atom stereocenters. The summed E-state index contributed by atoms with van der Waals surface area (Å²) < 4.78 is 5.08. The molecule has 0 unspecified atom stereocenters. The van der Waals surface area contributed by atoms with Crippen LogP contribution in [0, 0.1) is 13.8 Å². The molecular weight excluding hydrogens is 290 g/mol. The van der Waals surface area contributed by atoms with E-state index >= 15 is 0 Å². The highest BCUT2D eigenvalue weighted by Gasteiger charge is 2.14. The van der Waals surface area contributed by atoms with Gasteiger partial charge in [-0.1, -0.05) is 48.0 Å². The second-order valence-corrected chi connectivity index (χ2v) is 5.59. The maximum atomic E-state index is 12.0. The Bertz CT molecular complexity index is 692. The van der Waals surface area contributed by atoms with Gasteiger partial charge in [-0.3, -0.25) is 4.79 Å². The van der Waals surface area contributed by atoms with Crippen LogP contribution in [0.15, 0.2) is 48.5 Å². The average molecular weight is 311 g/mol. The summed E-state index contributed by atoms with van der Waals surface area (Å²) in [4.78, 5) is 23.9. The Morgan fingerprint density at radius 3 is 2.35 bits per heavy atom. The van der Waals surface area contributed by atoms with Gasteiger partial charge >= 0.3 is 5.97 Å². The van der Waals surface area contributed by atoms with E-state index in [2.05, 4.69) is 5.32 Å². The number of hydrogen-bond donors (Lipinski definition) is 1. The summed E-state index contributed by atoms with van der Waals surface area (Å²) in [6, 6.07) is 14.9. The van der Waals surface area contributed by atoms with Crippen molar-refractivity contribution in [2.45, 2.75) is 26.8 Å². The molecule has 4 nitrogen and oxygen atoms in total. The Balaban J connectivity index is 1.86. The van der Waals surface area contributed by atoms with Gasteiger partial charge in [-0.2, -0.15) is 0 Å². The molecule has 0 radical (unpaired) electrons. The van der Waals surface area contributed by atoms with Crippen molar-refractivity contribution in [3.8, 4) is 0 Å². The van der Waals surface area contributed by atoms with E-state index in [0.29, 0.717) is 5.56 Å². The van der Waals surface area contributed by atoms with Crippen LogP contribution in [0.4, 0.5) is 0 Å². The van der Waals surface area contributed by atoms with Gasteiger partial charge in [0.2, 0.25) is 0 Å². The molecule has 0 aliphatic rings. The Hall–Kier alpha value is -2.62. The fourth-order valence-corrected chi connectivity index (χ4v) is 2.23. The molecule has 0 spiro atoms. The monoisotopic (exact) mass is 311 g/mol. The summed E-state index contributed by atoms with van der Waals surface area (Å²) >= 11 is 0. The molecule has 0 aliphatic carbocycles. The summed E-state index contributed by atoms with van der Waals surface area (Å²) in [6.45, 7) is 5.45. The van der Waals surface area contributed by atoms with Gasteiger partial charge in [0.1, 0.15) is 0 Å². The first-order valence-electron chi connectivity index (χ1n) is 7.56. The molecule has 1 N–H and O–H groups in total. The van der Waals surface area contributed by atoms with Crippen LogP contribution in [-0.2, 0) is 9.53 Å². The third kappa shape index (κ3) is 4.68. The fraction of sp³-hybridized carbons (Fsp3) is 0.263. The first-order chi connectivity index (χ1) is 11.0. The van der Waals surface area contributed by atoms with E-state index in [1.165, 1.54) is 5.56 Å². The van der Waals surface area contributed by atoms with Crippen LogP contribution in [0.25, 0.3) is 0 Å². The van der Waals surface area contributed by atoms with Crippen molar-refractivity contribution in [1.82, 2.24) is 5.32 Å². The van der Waals surface area contributed by atoms with Crippen molar-refractivity contribution >= 4 is 11.9 Å². The molecule has 0 aliphatic heterocycles. The molecule has 0 fully saturated rings. The maximum Gasteiger partial charge on any atom is 0.338 e. The minimum Gasteiger partial charge on any atom is -0.452 e. The van der Waals surface area contributed by atoms with Crippen molar-refractivity contribution < 1.29 is 14.3 Å². The lowest BCUT2D eigenvalue weighted by atomic mass is 10.1. The van der Waals surface area contributed by atoms with Crippen LogP contribution < -0.4 is 5.32 Å². The molecule has 0 aromatic heterocycles. The van der Waals surface area contributed by atoms with E-state index in [-0.39, 0.29) is 18.6 Å². The molecule has 0 bridgehead atoms. The number of nitrogens with one attached hydrogen (secondary N) is 1. The highest BCUT2D eigenvalue weighted by Crippen LogP contribution is 2.13. The Morgan fingerprint density at radius 1 is 1.04 bits per heavy atom. The maximum absolute atomic E-state index is 12.0. The van der Waals surface area contributed by atoms with Gasteiger partial charge in [-0.05, 0) is 38.0 Å². The van der Waals surface area contributed by atoms with Crippen LogP contribution in [0.2, 0.25) is 0 Å². The molecule has 0 saturated carbocycles. The number of carbonyl (C=O) groups is 2. The Morgan fingerprint density at radius 2 is 1.70 bits per heavy atom. The smallest absolute Gasteiger partial charge is 0.338 e. The third-order valence-electron chi connectivity index (χ3n) is 3.65. The quantitative estimate of drug-likeness (QED) is 0.862. The standard InChI is InChI=1S/C19H21NO3/c1-13-8-10-16(11-9-13)15(3)20-18(21)12-23-19(22)17-7-5-4-6-14(17)2/h4-11,15H,12H2,1-3H3,(H,20,21)/t15-/m0/s1. The van der Waals surface area contributed by atoms with Gasteiger partial charge in [0.15, 0.2) is 6.61 Å². The molecule has 1 amide bonds. The molecule has 0 saturated heterocycles. The zero-order valence-electron chi connectivity index (χ0n) is 13.6. The molecule has 0 heterocycles. The van der Waals surface area contributed by atoms with Gasteiger partial charge in [0.25, 0.3) is 5.91 Å². The van der Waals surface area contributed by atoms with Crippen molar-refractivity contribution in [3.63, 3.8) is 0 Å². The molecule has 2 aromatic rings. The molecule has 23 heavy (non-hydrogen) atoms. The molecular formula is C19H21NO3. The first kappa shape index (κ1) is 16.7. The van der Waals surface area contributed by atoms with Crippen molar-refractivity contribution in [1.29, 1.82) is 0 Å². The summed E-state index contributed by atoms with van der Waals surface area (Å²) in [5.74, 6) is -0.804. The second-order valence-electron chi connectivity index (χ2n) is 5.59. The van der Waals surface area contributed by atoms with E-state index in [1.54, 1.807) is 12.1 Å². The van der Waals surface area contributed by atoms with E-state index < -0.39 is 5.97 Å². The van der Waals surface area contributed by atoms with Crippen molar-refractivity contribution in [2.75, 3.05) is 6.61 Å². The topological polar surface area (TPSA) is 55.4 Å². The molecule has 2 rings (SSSR count). The van der Waals surface area contributed by atoms with Gasteiger partial charge < -0.3 is 10.1 Å². The van der Waals surface area contributed by atoms with Gasteiger partial charge in [0.05, 0.1) is 11.6 Å². The minimum atomic E-state index is -0.485. The largest absolute Gasteiger partial charge is 0.452 e. The van der Waals surface area contributed by atoms with Gasteiger partial charge in [-0.15, -0.1) is 0 Å². The number of benzene rings is 2. The summed E-state index contributed by atoms with van der Waals surface area (Å²) in [6.07, 6.45) is 0. The van der Waals surface area contributed by atoms with Gasteiger partial charge in [-0.25, -0.2) is 4.79 Å². The molecule has 2 aromatic carbocycles. The van der Waals surface area contributed by atoms with E-state index in [1.807, 2.05) is 57.2 Å². The van der Waals surface area contributed by atoms with Gasteiger partial charge in [0, 0.05) is 0 Å². The van der Waals surface area contributed by atoms with E-state index in [0.717, 1.165) is 11.1 Å². The lowest BCUT2D eigenvalue weighted by Crippen LogP contribution is -2.31. The first-order valence-corrected chi connectivity index (χ1v) is 7.56.